The zero-order valence-corrected chi connectivity index (χ0v) is 18.0. The highest BCUT2D eigenvalue weighted by atomic mass is 35.5. The molecule has 4 rings (SSSR count). The Labute approximate surface area is 186 Å². The van der Waals surface area contributed by atoms with E-state index in [2.05, 4.69) is 10.3 Å². The number of anilines is 1. The van der Waals surface area contributed by atoms with Crippen LogP contribution in [-0.2, 0) is 9.59 Å². The molecule has 0 atom stereocenters. The number of hydrogen-bond donors (Lipinski definition) is 1. The number of amides is 2. The maximum atomic E-state index is 13.0. The third-order valence-corrected chi connectivity index (χ3v) is 5.64. The zero-order valence-electron chi connectivity index (χ0n) is 17.3. The molecule has 2 aliphatic heterocycles. The van der Waals surface area contributed by atoms with Crippen LogP contribution in [0.2, 0.25) is 5.02 Å². The molecule has 0 radical (unpaired) electrons. The summed E-state index contributed by atoms with van der Waals surface area (Å²) >= 11 is 5.82. The Balaban J connectivity index is 1.35. The first-order valence-electron chi connectivity index (χ1n) is 10.4. The molecule has 1 N–H and O–H groups in total. The molecule has 0 spiro atoms. The van der Waals surface area contributed by atoms with Crippen LogP contribution in [-0.4, -0.2) is 48.0 Å². The number of fused-ring (bicyclic) bond motifs is 1. The number of pyridine rings is 1. The number of nitrogens with zero attached hydrogens (tertiary/aromatic N) is 2. The highest BCUT2D eigenvalue weighted by Crippen LogP contribution is 2.36. The third-order valence-electron chi connectivity index (χ3n) is 5.42. The molecule has 8 heteroatoms. The number of aromatic nitrogens is 1. The fourth-order valence-corrected chi connectivity index (χ4v) is 3.91. The summed E-state index contributed by atoms with van der Waals surface area (Å²) in [5.74, 6) is 1.54. The van der Waals surface area contributed by atoms with Crippen LogP contribution in [0.1, 0.15) is 25.3 Å². The van der Waals surface area contributed by atoms with E-state index in [0.717, 1.165) is 5.56 Å². The predicted octanol–water partition coefficient (Wildman–Crippen LogP) is 3.79. The van der Waals surface area contributed by atoms with Gasteiger partial charge in [-0.3, -0.25) is 9.59 Å². The summed E-state index contributed by atoms with van der Waals surface area (Å²) in [6, 6.07) is 9.00. The Morgan fingerprint density at radius 2 is 2.06 bits per heavy atom. The maximum Gasteiger partial charge on any atom is 0.253 e. The van der Waals surface area contributed by atoms with Crippen molar-refractivity contribution >= 4 is 35.3 Å². The van der Waals surface area contributed by atoms with E-state index in [1.165, 1.54) is 6.20 Å². The summed E-state index contributed by atoms with van der Waals surface area (Å²) in [6.07, 6.45) is 4.57. The van der Waals surface area contributed by atoms with Crippen molar-refractivity contribution < 1.29 is 19.1 Å². The van der Waals surface area contributed by atoms with E-state index in [1.54, 1.807) is 17.0 Å². The molecular formula is C23H24ClN3O4. The predicted molar refractivity (Wildman–Crippen MR) is 118 cm³/mol. The minimum atomic E-state index is -0.160. The average molecular weight is 442 g/mol. The number of benzene rings is 1. The topological polar surface area (TPSA) is 80.8 Å². The van der Waals surface area contributed by atoms with E-state index in [0.29, 0.717) is 60.5 Å². The van der Waals surface area contributed by atoms with Gasteiger partial charge in [0.15, 0.2) is 11.5 Å². The molecule has 1 fully saturated rings. The number of hydrogen-bond acceptors (Lipinski definition) is 5. The Morgan fingerprint density at radius 1 is 1.26 bits per heavy atom. The molecule has 0 aliphatic carbocycles. The molecule has 7 nitrogen and oxygen atoms in total. The van der Waals surface area contributed by atoms with Gasteiger partial charge < -0.3 is 19.7 Å². The second-order valence-corrected chi connectivity index (χ2v) is 7.92. The number of para-hydroxylation sites is 1. The van der Waals surface area contributed by atoms with E-state index in [-0.39, 0.29) is 24.3 Å². The van der Waals surface area contributed by atoms with Crippen LogP contribution in [0.3, 0.4) is 0 Å². The maximum absolute atomic E-state index is 13.0. The lowest BCUT2D eigenvalue weighted by molar-refractivity contribution is -0.131. The molecule has 1 aromatic heterocycles. The number of likely N-dealkylation sites (tertiary alicyclic amines) is 1. The van der Waals surface area contributed by atoms with Gasteiger partial charge in [0, 0.05) is 30.8 Å². The van der Waals surface area contributed by atoms with Crippen molar-refractivity contribution in [3.05, 3.63) is 52.7 Å². The minimum Gasteiger partial charge on any atom is -0.490 e. The lowest BCUT2D eigenvalue weighted by Crippen LogP contribution is -2.42. The molecule has 1 saturated heterocycles. The van der Waals surface area contributed by atoms with Gasteiger partial charge in [-0.2, -0.15) is 0 Å². The van der Waals surface area contributed by atoms with Crippen LogP contribution in [0.4, 0.5) is 5.82 Å². The van der Waals surface area contributed by atoms with Crippen LogP contribution >= 0.6 is 11.6 Å². The van der Waals surface area contributed by atoms with Crippen molar-refractivity contribution in [1.82, 2.24) is 9.88 Å². The van der Waals surface area contributed by atoms with Crippen LogP contribution in [0.25, 0.3) is 6.08 Å². The van der Waals surface area contributed by atoms with Crippen molar-refractivity contribution in [2.24, 2.45) is 5.92 Å². The van der Waals surface area contributed by atoms with Gasteiger partial charge in [-0.05, 0) is 44.0 Å². The fourth-order valence-electron chi connectivity index (χ4n) is 3.80. The van der Waals surface area contributed by atoms with Crippen LogP contribution in [0, 0.1) is 5.92 Å². The number of rotatable bonds is 5. The molecular weight excluding hydrogens is 418 g/mol. The molecule has 0 unspecified atom stereocenters. The smallest absolute Gasteiger partial charge is 0.253 e. The minimum absolute atomic E-state index is 0.0503. The molecule has 31 heavy (non-hydrogen) atoms. The molecule has 1 aromatic carbocycles. The lowest BCUT2D eigenvalue weighted by atomic mass is 9.95. The number of nitrogens with one attached hydrogen (secondary N) is 1. The van der Waals surface area contributed by atoms with E-state index >= 15 is 0 Å². The number of piperidine rings is 1. The molecule has 2 aromatic rings. The van der Waals surface area contributed by atoms with Gasteiger partial charge in [-0.1, -0.05) is 23.7 Å². The van der Waals surface area contributed by atoms with Crippen molar-refractivity contribution in [3.63, 3.8) is 0 Å². The molecule has 2 amide bonds. The van der Waals surface area contributed by atoms with Crippen molar-refractivity contribution in [3.8, 4) is 11.5 Å². The van der Waals surface area contributed by atoms with Crippen LogP contribution < -0.4 is 14.8 Å². The normalized spacial score (nSPS) is 16.1. The van der Waals surface area contributed by atoms with Gasteiger partial charge in [0.25, 0.3) is 5.91 Å². The highest BCUT2D eigenvalue weighted by molar-refractivity contribution is 6.30. The first kappa shape index (κ1) is 21.2. The Kier molecular flexibility index (Phi) is 6.42. The molecule has 3 heterocycles. The number of halogens is 1. The lowest BCUT2D eigenvalue weighted by Gasteiger charge is -2.32. The van der Waals surface area contributed by atoms with Crippen molar-refractivity contribution in [2.45, 2.75) is 19.8 Å². The van der Waals surface area contributed by atoms with Gasteiger partial charge in [-0.25, -0.2) is 4.98 Å². The monoisotopic (exact) mass is 441 g/mol. The van der Waals surface area contributed by atoms with Crippen LogP contribution in [0.15, 0.2) is 42.1 Å². The third kappa shape index (κ3) is 4.82. The summed E-state index contributed by atoms with van der Waals surface area (Å²) in [4.78, 5) is 31.4. The average Bonchev–Trinajstić information content (AvgIpc) is 2.80. The summed E-state index contributed by atoms with van der Waals surface area (Å²) in [5, 5.41) is 3.33. The van der Waals surface area contributed by atoms with Gasteiger partial charge in [0.05, 0.1) is 17.2 Å². The van der Waals surface area contributed by atoms with Gasteiger partial charge in [-0.15, -0.1) is 0 Å². The number of carbonyl (C=O) groups excluding carboxylic acids is 2. The number of carbonyl (C=O) groups is 2. The molecule has 2 aliphatic rings. The van der Waals surface area contributed by atoms with Gasteiger partial charge in [0.1, 0.15) is 12.4 Å². The summed E-state index contributed by atoms with van der Waals surface area (Å²) in [5.41, 5.74) is 1.44. The quantitative estimate of drug-likeness (QED) is 0.763. The Hall–Kier alpha value is -3.06. The largest absolute Gasteiger partial charge is 0.490 e. The summed E-state index contributed by atoms with van der Waals surface area (Å²) in [7, 11) is 0. The van der Waals surface area contributed by atoms with E-state index in [1.807, 2.05) is 31.2 Å². The molecule has 162 valence electrons. The molecule has 0 saturated carbocycles. The van der Waals surface area contributed by atoms with Crippen LogP contribution in [0.5, 0.6) is 11.5 Å². The summed E-state index contributed by atoms with van der Waals surface area (Å²) < 4.78 is 11.4. The molecule has 0 bridgehead atoms. The van der Waals surface area contributed by atoms with Gasteiger partial charge >= 0.3 is 0 Å². The second kappa shape index (κ2) is 9.39. The Morgan fingerprint density at radius 3 is 2.77 bits per heavy atom. The van der Waals surface area contributed by atoms with Crippen molar-refractivity contribution in [1.29, 1.82) is 0 Å². The summed E-state index contributed by atoms with van der Waals surface area (Å²) in [6.45, 7) is 3.72. The highest BCUT2D eigenvalue weighted by Gasteiger charge is 2.30. The van der Waals surface area contributed by atoms with Crippen molar-refractivity contribution in [2.75, 3.05) is 31.6 Å². The second-order valence-electron chi connectivity index (χ2n) is 7.48. The number of ether oxygens (including phenoxy) is 2. The van der Waals surface area contributed by atoms with E-state index < -0.39 is 0 Å². The van der Waals surface area contributed by atoms with E-state index in [4.69, 9.17) is 21.1 Å². The SMILES string of the molecule is CCOc1cccc2c1OCC(C(=O)N1CCC(C(=O)Nc3ccc(Cl)cn3)CC1)=C2. The Bertz CT molecular complexity index is 998. The van der Waals surface area contributed by atoms with E-state index in [9.17, 15) is 9.59 Å². The fraction of sp³-hybridized carbons (Fsp3) is 0.348. The first-order valence-corrected chi connectivity index (χ1v) is 10.7. The zero-order chi connectivity index (χ0) is 21.8. The van der Waals surface area contributed by atoms with Gasteiger partial charge in [0.2, 0.25) is 5.91 Å². The first-order chi connectivity index (χ1) is 15.0. The standard InChI is InChI=1S/C23H24ClN3O4/c1-2-30-19-5-3-4-16-12-17(14-31-21(16)19)23(29)27-10-8-15(9-11-27)22(28)26-20-7-6-18(24)13-25-20/h3-7,12-13,15H,2,8-11,14H2,1H3,(H,25,26,28).